The van der Waals surface area contributed by atoms with Gasteiger partial charge in [-0.05, 0) is 66.6 Å². The molecule has 0 atom stereocenters. The van der Waals surface area contributed by atoms with E-state index >= 15 is 0 Å². The number of carbonyl (C=O) groups is 1. The van der Waals surface area contributed by atoms with Gasteiger partial charge in [0.25, 0.3) is 0 Å². The molecule has 0 fully saturated rings. The van der Waals surface area contributed by atoms with Crippen molar-refractivity contribution in [3.8, 4) is 0 Å². The molecule has 0 radical (unpaired) electrons. The van der Waals surface area contributed by atoms with Crippen molar-refractivity contribution in [1.29, 1.82) is 0 Å². The lowest BCUT2D eigenvalue weighted by atomic mass is 10.2. The summed E-state index contributed by atoms with van der Waals surface area (Å²) in [6, 6.07) is 17.1. The molecule has 1 amide bonds. The summed E-state index contributed by atoms with van der Waals surface area (Å²) in [5.74, 6) is -0.618. The van der Waals surface area contributed by atoms with Crippen molar-refractivity contribution in [2.75, 3.05) is 26.0 Å². The number of carbonyl (C=O) groups excluding carboxylic acids is 1. The molecule has 0 saturated heterocycles. The van der Waals surface area contributed by atoms with Gasteiger partial charge in [0.05, 0.1) is 16.3 Å². The van der Waals surface area contributed by atoms with Crippen LogP contribution in [0.2, 0.25) is 5.02 Å². The average molecular weight is 615 g/mol. The summed E-state index contributed by atoms with van der Waals surface area (Å²) in [4.78, 5) is 13.0. The smallest absolute Gasteiger partial charge is 0.243 e. The van der Waals surface area contributed by atoms with E-state index in [0.29, 0.717) is 16.1 Å². The Kier molecular flexibility index (Phi) is 8.97. The molecule has 0 saturated carbocycles. The van der Waals surface area contributed by atoms with E-state index in [1.165, 1.54) is 50.5 Å². The molecule has 0 aliphatic carbocycles. The lowest BCUT2D eigenvalue weighted by Gasteiger charge is -2.22. The number of hydrogen-bond donors (Lipinski definition) is 1. The Bertz CT molecular complexity index is 1460. The maximum absolute atomic E-state index is 13.4. The van der Waals surface area contributed by atoms with E-state index in [9.17, 15) is 21.6 Å². The number of benzene rings is 3. The highest BCUT2D eigenvalue weighted by atomic mass is 79.9. The third-order valence-corrected chi connectivity index (χ3v) is 9.70. The van der Waals surface area contributed by atoms with Gasteiger partial charge < -0.3 is 5.32 Å². The van der Waals surface area contributed by atoms with Crippen molar-refractivity contribution >= 4 is 59.2 Å². The molecular weight excluding hydrogens is 590 g/mol. The second-order valence-corrected chi connectivity index (χ2v) is 13.6. The van der Waals surface area contributed by atoms with Crippen molar-refractivity contribution in [3.63, 3.8) is 0 Å². The summed E-state index contributed by atoms with van der Waals surface area (Å²) in [5, 5.41) is 3.05. The Labute approximate surface area is 225 Å². The van der Waals surface area contributed by atoms with Gasteiger partial charge in [-0.3, -0.25) is 4.79 Å². The molecule has 0 bridgehead atoms. The van der Waals surface area contributed by atoms with Crippen molar-refractivity contribution in [3.05, 3.63) is 87.4 Å². The fourth-order valence-corrected chi connectivity index (χ4v) is 5.94. The summed E-state index contributed by atoms with van der Waals surface area (Å²) < 4.78 is 54.9. The summed E-state index contributed by atoms with van der Waals surface area (Å²) in [6.07, 6.45) is 0. The fraction of sp³-hybridized carbons (Fsp3) is 0.208. The molecule has 3 aromatic carbocycles. The number of rotatable bonds is 9. The van der Waals surface area contributed by atoms with Gasteiger partial charge in [-0.25, -0.2) is 21.1 Å². The molecule has 0 unspecified atom stereocenters. The van der Waals surface area contributed by atoms with E-state index in [2.05, 4.69) is 21.2 Å². The zero-order chi connectivity index (χ0) is 26.7. The summed E-state index contributed by atoms with van der Waals surface area (Å²) in [5.41, 5.74) is 1.58. The van der Waals surface area contributed by atoms with Crippen LogP contribution in [0.5, 0.6) is 0 Å². The largest absolute Gasteiger partial charge is 0.325 e. The topological polar surface area (TPSA) is 104 Å². The van der Waals surface area contributed by atoms with Crippen LogP contribution in [0.4, 0.5) is 5.69 Å². The molecule has 36 heavy (non-hydrogen) atoms. The number of halogens is 2. The zero-order valence-electron chi connectivity index (χ0n) is 19.8. The molecule has 3 rings (SSSR count). The van der Waals surface area contributed by atoms with Gasteiger partial charge in [0.2, 0.25) is 26.0 Å². The van der Waals surface area contributed by atoms with Gasteiger partial charge in [-0.15, -0.1) is 0 Å². The Morgan fingerprint density at radius 2 is 1.47 bits per heavy atom. The summed E-state index contributed by atoms with van der Waals surface area (Å²) >= 11 is 9.27. The normalized spacial score (nSPS) is 12.2. The number of nitrogens with one attached hydrogen (secondary N) is 1. The minimum absolute atomic E-state index is 0.00735. The highest BCUT2D eigenvalue weighted by Gasteiger charge is 2.27. The minimum atomic E-state index is -4.07. The lowest BCUT2D eigenvalue weighted by molar-refractivity contribution is -0.116. The molecule has 192 valence electrons. The first-order valence-corrected chi connectivity index (χ1v) is 14.7. The molecule has 0 spiro atoms. The van der Waals surface area contributed by atoms with E-state index in [1.807, 2.05) is 0 Å². The number of aryl methyl sites for hydroxylation is 1. The molecule has 0 aromatic heterocycles. The third-order valence-electron chi connectivity index (χ3n) is 5.31. The predicted octanol–water partition coefficient (Wildman–Crippen LogP) is 4.49. The first-order chi connectivity index (χ1) is 16.8. The first-order valence-electron chi connectivity index (χ1n) is 10.6. The van der Waals surface area contributed by atoms with Crippen LogP contribution in [0.1, 0.15) is 11.1 Å². The highest BCUT2D eigenvalue weighted by Crippen LogP contribution is 2.24. The monoisotopic (exact) mass is 613 g/mol. The van der Waals surface area contributed by atoms with Gasteiger partial charge >= 0.3 is 0 Å². The average Bonchev–Trinajstić information content (AvgIpc) is 2.81. The molecule has 1 N–H and O–H groups in total. The number of hydrogen-bond acceptors (Lipinski definition) is 5. The molecule has 0 aliphatic heterocycles. The van der Waals surface area contributed by atoms with E-state index in [0.717, 1.165) is 13.1 Å². The van der Waals surface area contributed by atoms with Crippen molar-refractivity contribution < 1.29 is 21.6 Å². The molecule has 3 aromatic rings. The van der Waals surface area contributed by atoms with E-state index in [1.54, 1.807) is 37.3 Å². The standard InChI is InChI=1S/C24H25BrClN3O5S2/c1-17-4-11-22(35(31,32)28(2)3)14-23(17)27-24(30)16-29(15-18-5-7-19(25)8-6-18)36(33,34)21-12-9-20(26)10-13-21/h4-14H,15-16H2,1-3H3,(H,27,30). The summed E-state index contributed by atoms with van der Waals surface area (Å²) in [7, 11) is -4.96. The van der Waals surface area contributed by atoms with Crippen LogP contribution in [-0.2, 0) is 31.4 Å². The quantitative estimate of drug-likeness (QED) is 0.383. The number of anilines is 1. The number of nitrogens with zero attached hydrogens (tertiary/aromatic N) is 2. The van der Waals surface area contributed by atoms with Crippen LogP contribution in [0.25, 0.3) is 0 Å². The fourth-order valence-electron chi connectivity index (χ4n) is 3.23. The van der Waals surface area contributed by atoms with Gasteiger partial charge in [0.1, 0.15) is 0 Å². The van der Waals surface area contributed by atoms with Crippen molar-refractivity contribution in [2.24, 2.45) is 0 Å². The molecule has 0 heterocycles. The highest BCUT2D eigenvalue weighted by molar-refractivity contribution is 9.10. The van der Waals surface area contributed by atoms with Gasteiger partial charge in [-0.2, -0.15) is 4.31 Å². The molecule has 0 aliphatic rings. The second-order valence-electron chi connectivity index (χ2n) is 8.17. The number of amides is 1. The van der Waals surface area contributed by atoms with Gasteiger partial charge in [0, 0.05) is 35.8 Å². The Balaban J connectivity index is 1.92. The molecule has 12 heteroatoms. The van der Waals surface area contributed by atoms with E-state index in [-0.39, 0.29) is 22.0 Å². The van der Waals surface area contributed by atoms with Crippen molar-refractivity contribution in [2.45, 2.75) is 23.3 Å². The minimum Gasteiger partial charge on any atom is -0.325 e. The Hall–Kier alpha value is -2.28. The van der Waals surface area contributed by atoms with Crippen LogP contribution >= 0.6 is 27.5 Å². The maximum Gasteiger partial charge on any atom is 0.243 e. The zero-order valence-corrected chi connectivity index (χ0v) is 23.7. The second kappa shape index (κ2) is 11.4. The van der Waals surface area contributed by atoms with E-state index in [4.69, 9.17) is 11.6 Å². The Morgan fingerprint density at radius 1 is 0.889 bits per heavy atom. The van der Waals surface area contributed by atoms with Crippen LogP contribution in [-0.4, -0.2) is 52.0 Å². The van der Waals surface area contributed by atoms with Crippen LogP contribution in [0.15, 0.2) is 81.0 Å². The van der Waals surface area contributed by atoms with Crippen LogP contribution < -0.4 is 5.32 Å². The van der Waals surface area contributed by atoms with Gasteiger partial charge in [0.15, 0.2) is 0 Å². The van der Waals surface area contributed by atoms with Gasteiger partial charge in [-0.1, -0.05) is 45.7 Å². The summed E-state index contributed by atoms with van der Waals surface area (Å²) in [6.45, 7) is 1.16. The lowest BCUT2D eigenvalue weighted by Crippen LogP contribution is -2.37. The Morgan fingerprint density at radius 3 is 2.06 bits per heavy atom. The van der Waals surface area contributed by atoms with Crippen LogP contribution in [0, 0.1) is 6.92 Å². The molecular formula is C24H25BrClN3O5S2. The van der Waals surface area contributed by atoms with E-state index < -0.39 is 32.5 Å². The van der Waals surface area contributed by atoms with Crippen molar-refractivity contribution in [1.82, 2.24) is 8.61 Å². The SMILES string of the molecule is Cc1ccc(S(=O)(=O)N(C)C)cc1NC(=O)CN(Cc1ccc(Br)cc1)S(=O)(=O)c1ccc(Cl)cc1. The maximum atomic E-state index is 13.4. The third kappa shape index (κ3) is 6.72. The van der Waals surface area contributed by atoms with Crippen LogP contribution in [0.3, 0.4) is 0 Å². The molecule has 8 nitrogen and oxygen atoms in total. The first kappa shape index (κ1) is 28.3. The predicted molar refractivity (Wildman–Crippen MR) is 144 cm³/mol. The number of sulfonamides is 2.